The summed E-state index contributed by atoms with van der Waals surface area (Å²) in [6.45, 7) is 2.33. The molecule has 1 unspecified atom stereocenters. The largest absolute Gasteiger partial charge is 0.366 e. The lowest BCUT2D eigenvalue weighted by Gasteiger charge is -2.44. The Labute approximate surface area is 109 Å². The molecular weight excluding hydrogens is 222 g/mol. The Bertz CT molecular complexity index is 444. The van der Waals surface area contributed by atoms with Crippen LogP contribution in [-0.4, -0.2) is 17.9 Å². The Morgan fingerprint density at radius 1 is 1.06 bits per heavy atom. The number of Topliss-reactive ketones (excluding diaryl/α,β-unsaturated/α-hetero) is 1. The summed E-state index contributed by atoms with van der Waals surface area (Å²) in [6, 6.07) is 9.95. The van der Waals surface area contributed by atoms with Crippen molar-refractivity contribution in [3.8, 4) is 0 Å². The number of carbonyl (C=O) groups excluding carboxylic acids is 1. The second kappa shape index (κ2) is 4.75. The fourth-order valence-corrected chi connectivity index (χ4v) is 3.47. The van der Waals surface area contributed by atoms with Crippen LogP contribution in [0.25, 0.3) is 0 Å². The van der Waals surface area contributed by atoms with Crippen molar-refractivity contribution in [3.05, 3.63) is 29.8 Å². The van der Waals surface area contributed by atoms with E-state index in [1.54, 1.807) is 0 Å². The van der Waals surface area contributed by atoms with Gasteiger partial charge in [0.2, 0.25) is 0 Å². The molecule has 96 valence electrons. The van der Waals surface area contributed by atoms with E-state index in [9.17, 15) is 4.79 Å². The summed E-state index contributed by atoms with van der Waals surface area (Å²) in [5.41, 5.74) is 2.89. The van der Waals surface area contributed by atoms with Crippen molar-refractivity contribution < 1.29 is 4.79 Å². The average Bonchev–Trinajstić information content (AvgIpc) is 2.40. The van der Waals surface area contributed by atoms with Crippen molar-refractivity contribution >= 4 is 11.5 Å². The van der Waals surface area contributed by atoms with Crippen molar-refractivity contribution in [1.82, 2.24) is 0 Å². The molecule has 0 radical (unpaired) electrons. The summed E-state index contributed by atoms with van der Waals surface area (Å²) in [4.78, 5) is 14.0. The zero-order valence-corrected chi connectivity index (χ0v) is 11.1. The van der Waals surface area contributed by atoms with Crippen molar-refractivity contribution in [2.75, 3.05) is 4.90 Å². The maximum Gasteiger partial charge on any atom is 0.133 e. The number of carbonyl (C=O) groups is 1. The second-order valence-electron chi connectivity index (χ2n) is 5.69. The summed E-state index contributed by atoms with van der Waals surface area (Å²) < 4.78 is 0. The molecular formula is C16H21NO. The van der Waals surface area contributed by atoms with Gasteiger partial charge in [0.15, 0.2) is 0 Å². The van der Waals surface area contributed by atoms with Crippen molar-refractivity contribution in [1.29, 1.82) is 0 Å². The molecule has 1 fully saturated rings. The molecule has 1 saturated carbocycles. The first-order valence-electron chi connectivity index (χ1n) is 7.13. The SMILES string of the molecule is CC1CCc2ccccc2N1C1CCC(=O)CC1. The third-order valence-electron chi connectivity index (χ3n) is 4.48. The Kier molecular flexibility index (Phi) is 3.11. The Morgan fingerprint density at radius 2 is 1.78 bits per heavy atom. The van der Waals surface area contributed by atoms with Gasteiger partial charge in [-0.2, -0.15) is 0 Å². The number of benzene rings is 1. The third kappa shape index (κ3) is 2.05. The van der Waals surface area contributed by atoms with Gasteiger partial charge < -0.3 is 4.90 Å². The molecule has 0 bridgehead atoms. The minimum atomic E-state index is 0.448. The molecule has 0 N–H and O–H groups in total. The van der Waals surface area contributed by atoms with Crippen molar-refractivity contribution in [2.45, 2.75) is 57.5 Å². The molecule has 0 amide bonds. The molecule has 1 atom stereocenters. The zero-order valence-electron chi connectivity index (χ0n) is 11.1. The molecule has 1 aliphatic heterocycles. The van der Waals surface area contributed by atoms with Crippen LogP contribution < -0.4 is 4.90 Å². The summed E-state index contributed by atoms with van der Waals surface area (Å²) in [5.74, 6) is 0.448. The highest BCUT2D eigenvalue weighted by molar-refractivity contribution is 5.79. The number of rotatable bonds is 1. The summed E-state index contributed by atoms with van der Waals surface area (Å²) >= 11 is 0. The number of anilines is 1. The lowest BCUT2D eigenvalue weighted by atomic mass is 9.88. The summed E-state index contributed by atoms with van der Waals surface area (Å²) in [7, 11) is 0. The molecule has 0 saturated heterocycles. The first-order valence-corrected chi connectivity index (χ1v) is 7.13. The molecule has 0 spiro atoms. The van der Waals surface area contributed by atoms with E-state index in [4.69, 9.17) is 0 Å². The monoisotopic (exact) mass is 243 g/mol. The van der Waals surface area contributed by atoms with Crippen LogP contribution in [-0.2, 0) is 11.2 Å². The molecule has 18 heavy (non-hydrogen) atoms. The van der Waals surface area contributed by atoms with E-state index in [0.717, 1.165) is 25.7 Å². The van der Waals surface area contributed by atoms with Gasteiger partial charge in [0.25, 0.3) is 0 Å². The van der Waals surface area contributed by atoms with Gasteiger partial charge in [-0.1, -0.05) is 18.2 Å². The standard InChI is InChI=1S/C16H21NO/c1-12-6-7-13-4-2-3-5-16(13)17(12)14-8-10-15(18)11-9-14/h2-5,12,14H,6-11H2,1H3. The number of nitrogens with zero attached hydrogens (tertiary/aromatic N) is 1. The highest BCUT2D eigenvalue weighted by atomic mass is 16.1. The van der Waals surface area contributed by atoms with Gasteiger partial charge in [0.05, 0.1) is 0 Å². The number of hydrogen-bond donors (Lipinski definition) is 0. The van der Waals surface area contributed by atoms with Gasteiger partial charge >= 0.3 is 0 Å². The van der Waals surface area contributed by atoms with E-state index < -0.39 is 0 Å². The Morgan fingerprint density at radius 3 is 2.56 bits per heavy atom. The van der Waals surface area contributed by atoms with E-state index in [-0.39, 0.29) is 0 Å². The highest BCUT2D eigenvalue weighted by Gasteiger charge is 2.31. The van der Waals surface area contributed by atoms with E-state index in [2.05, 4.69) is 36.1 Å². The second-order valence-corrected chi connectivity index (χ2v) is 5.69. The first-order chi connectivity index (χ1) is 8.75. The lowest BCUT2D eigenvalue weighted by molar-refractivity contribution is -0.120. The van der Waals surface area contributed by atoms with Crippen LogP contribution in [0.3, 0.4) is 0 Å². The maximum absolute atomic E-state index is 11.4. The average molecular weight is 243 g/mol. The van der Waals surface area contributed by atoms with Gasteiger partial charge in [-0.05, 0) is 44.2 Å². The predicted octanol–water partition coefficient (Wildman–Crippen LogP) is 3.34. The van der Waals surface area contributed by atoms with E-state index in [1.165, 1.54) is 24.1 Å². The van der Waals surface area contributed by atoms with Crippen molar-refractivity contribution in [2.24, 2.45) is 0 Å². The van der Waals surface area contributed by atoms with Crippen LogP contribution in [0, 0.1) is 0 Å². The zero-order chi connectivity index (χ0) is 12.5. The minimum Gasteiger partial charge on any atom is -0.366 e. The van der Waals surface area contributed by atoms with Crippen LogP contribution in [0.1, 0.15) is 44.6 Å². The summed E-state index contributed by atoms with van der Waals surface area (Å²) in [6.07, 6.45) is 6.06. The van der Waals surface area contributed by atoms with E-state index >= 15 is 0 Å². The minimum absolute atomic E-state index is 0.448. The quantitative estimate of drug-likeness (QED) is 0.754. The number of para-hydroxylation sites is 1. The maximum atomic E-state index is 11.4. The molecule has 2 nitrogen and oxygen atoms in total. The fraction of sp³-hybridized carbons (Fsp3) is 0.562. The van der Waals surface area contributed by atoms with Gasteiger partial charge in [-0.3, -0.25) is 4.79 Å². The van der Waals surface area contributed by atoms with Crippen LogP contribution in [0.2, 0.25) is 0 Å². The summed E-state index contributed by atoms with van der Waals surface area (Å²) in [5, 5.41) is 0. The van der Waals surface area contributed by atoms with E-state index in [0.29, 0.717) is 17.9 Å². The third-order valence-corrected chi connectivity index (χ3v) is 4.48. The van der Waals surface area contributed by atoms with Gasteiger partial charge in [-0.15, -0.1) is 0 Å². The molecule has 1 aromatic carbocycles. The molecule has 1 aliphatic carbocycles. The number of hydrogen-bond acceptors (Lipinski definition) is 2. The molecule has 2 heteroatoms. The highest BCUT2D eigenvalue weighted by Crippen LogP contribution is 2.35. The smallest absolute Gasteiger partial charge is 0.133 e. The topological polar surface area (TPSA) is 20.3 Å². The van der Waals surface area contributed by atoms with E-state index in [1.807, 2.05) is 0 Å². The molecule has 0 aromatic heterocycles. The lowest BCUT2D eigenvalue weighted by Crippen LogP contribution is -2.46. The van der Waals surface area contributed by atoms with Crippen molar-refractivity contribution in [3.63, 3.8) is 0 Å². The Hall–Kier alpha value is -1.31. The molecule has 1 heterocycles. The Balaban J connectivity index is 1.88. The molecule has 1 aromatic rings. The predicted molar refractivity (Wildman–Crippen MR) is 74.0 cm³/mol. The molecule has 3 rings (SSSR count). The number of aryl methyl sites for hydroxylation is 1. The number of ketones is 1. The van der Waals surface area contributed by atoms with Gasteiger partial charge in [-0.25, -0.2) is 0 Å². The molecule has 2 aliphatic rings. The normalized spacial score (nSPS) is 25.1. The first kappa shape index (κ1) is 11.8. The van der Waals surface area contributed by atoms with Gasteiger partial charge in [0, 0.05) is 30.6 Å². The van der Waals surface area contributed by atoms with Crippen LogP contribution in [0.5, 0.6) is 0 Å². The van der Waals surface area contributed by atoms with Gasteiger partial charge in [0.1, 0.15) is 5.78 Å². The van der Waals surface area contributed by atoms with Crippen LogP contribution >= 0.6 is 0 Å². The van der Waals surface area contributed by atoms with Crippen LogP contribution in [0.15, 0.2) is 24.3 Å². The van der Waals surface area contributed by atoms with Crippen LogP contribution in [0.4, 0.5) is 5.69 Å². The fourth-order valence-electron chi connectivity index (χ4n) is 3.47. The number of fused-ring (bicyclic) bond motifs is 1.